The molecule has 0 bridgehead atoms. The SMILES string of the molecule is c1ccc(B(OC2CCCCC2)OC2CCCC2)cc1. The monoisotopic (exact) mass is 272 g/mol. The molecule has 2 saturated carbocycles. The van der Waals surface area contributed by atoms with Crippen molar-refractivity contribution in [3.8, 4) is 0 Å². The van der Waals surface area contributed by atoms with Gasteiger partial charge in [0.05, 0.1) is 0 Å². The first-order chi connectivity index (χ1) is 9.92. The normalized spacial score (nSPS) is 21.2. The van der Waals surface area contributed by atoms with Gasteiger partial charge >= 0.3 is 7.12 Å². The average Bonchev–Trinajstić information content (AvgIpc) is 3.02. The van der Waals surface area contributed by atoms with Crippen molar-refractivity contribution < 1.29 is 9.31 Å². The summed E-state index contributed by atoms with van der Waals surface area (Å²) in [7, 11) is -0.164. The molecule has 0 aliphatic heterocycles. The smallest absolute Gasteiger partial charge is 0.404 e. The van der Waals surface area contributed by atoms with Gasteiger partial charge in [-0.05, 0) is 31.1 Å². The van der Waals surface area contributed by atoms with E-state index in [1.165, 1.54) is 63.3 Å². The van der Waals surface area contributed by atoms with Crippen molar-refractivity contribution in [1.82, 2.24) is 0 Å². The molecule has 1 aromatic rings. The molecule has 0 unspecified atom stereocenters. The first kappa shape index (κ1) is 14.2. The van der Waals surface area contributed by atoms with Gasteiger partial charge in [-0.15, -0.1) is 0 Å². The van der Waals surface area contributed by atoms with Crippen molar-refractivity contribution in [2.45, 2.75) is 70.0 Å². The van der Waals surface area contributed by atoms with Crippen LogP contribution in [0.4, 0.5) is 0 Å². The van der Waals surface area contributed by atoms with Crippen LogP contribution in [-0.2, 0) is 9.31 Å². The lowest BCUT2D eigenvalue weighted by Crippen LogP contribution is -2.42. The van der Waals surface area contributed by atoms with Crippen LogP contribution in [0.2, 0.25) is 0 Å². The van der Waals surface area contributed by atoms with Gasteiger partial charge in [0.25, 0.3) is 0 Å². The first-order valence-electron chi connectivity index (χ1n) is 8.28. The Morgan fingerprint density at radius 1 is 0.700 bits per heavy atom. The molecule has 0 heterocycles. The number of benzene rings is 1. The number of rotatable bonds is 5. The van der Waals surface area contributed by atoms with Gasteiger partial charge < -0.3 is 9.31 Å². The van der Waals surface area contributed by atoms with Crippen LogP contribution in [0.1, 0.15) is 57.8 Å². The lowest BCUT2D eigenvalue weighted by Gasteiger charge is -2.27. The summed E-state index contributed by atoms with van der Waals surface area (Å²) in [6.07, 6.45) is 12.1. The van der Waals surface area contributed by atoms with Crippen LogP contribution in [0.25, 0.3) is 0 Å². The summed E-state index contributed by atoms with van der Waals surface area (Å²) in [6, 6.07) is 10.5. The Bertz CT molecular complexity index is 383. The second-order valence-corrected chi connectivity index (χ2v) is 6.18. The van der Waals surface area contributed by atoms with Crippen molar-refractivity contribution in [3.05, 3.63) is 30.3 Å². The molecule has 20 heavy (non-hydrogen) atoms. The minimum absolute atomic E-state index is 0.164. The van der Waals surface area contributed by atoms with Gasteiger partial charge in [-0.2, -0.15) is 0 Å². The molecular formula is C17H25BO2. The maximum Gasteiger partial charge on any atom is 0.494 e. The summed E-state index contributed by atoms with van der Waals surface area (Å²) in [6.45, 7) is 0. The van der Waals surface area contributed by atoms with Gasteiger partial charge in [-0.3, -0.25) is 0 Å². The van der Waals surface area contributed by atoms with Crippen LogP contribution < -0.4 is 5.46 Å². The van der Waals surface area contributed by atoms with Crippen molar-refractivity contribution in [2.75, 3.05) is 0 Å². The van der Waals surface area contributed by atoms with E-state index in [2.05, 4.69) is 30.3 Å². The number of hydrogen-bond acceptors (Lipinski definition) is 2. The topological polar surface area (TPSA) is 18.5 Å². The summed E-state index contributed by atoms with van der Waals surface area (Å²) >= 11 is 0. The van der Waals surface area contributed by atoms with E-state index >= 15 is 0 Å². The minimum Gasteiger partial charge on any atom is -0.404 e. The highest BCUT2D eigenvalue weighted by molar-refractivity contribution is 6.61. The predicted molar refractivity (Wildman–Crippen MR) is 83.1 cm³/mol. The van der Waals surface area contributed by atoms with E-state index < -0.39 is 0 Å². The van der Waals surface area contributed by atoms with Crippen LogP contribution >= 0.6 is 0 Å². The molecule has 3 rings (SSSR count). The number of hydrogen-bond donors (Lipinski definition) is 0. The molecule has 108 valence electrons. The fourth-order valence-corrected chi connectivity index (χ4v) is 3.37. The Balaban J connectivity index is 1.65. The van der Waals surface area contributed by atoms with E-state index in [9.17, 15) is 0 Å². The van der Waals surface area contributed by atoms with Crippen molar-refractivity contribution in [2.24, 2.45) is 0 Å². The highest BCUT2D eigenvalue weighted by Gasteiger charge is 2.30. The zero-order valence-electron chi connectivity index (χ0n) is 12.3. The lowest BCUT2D eigenvalue weighted by molar-refractivity contribution is 0.0891. The standard InChI is InChI=1S/C17H25BO2/c1-3-9-15(10-4-1)18(20-17-13-7-8-14-17)19-16-11-5-2-6-12-16/h1,3-4,9-10,16-17H,2,5-8,11-14H2. The van der Waals surface area contributed by atoms with Gasteiger partial charge in [0.2, 0.25) is 0 Å². The molecule has 0 saturated heterocycles. The van der Waals surface area contributed by atoms with E-state index in [-0.39, 0.29) is 7.12 Å². The second-order valence-electron chi connectivity index (χ2n) is 6.18. The molecule has 0 amide bonds. The molecule has 3 heteroatoms. The summed E-state index contributed by atoms with van der Waals surface area (Å²) < 4.78 is 12.6. The van der Waals surface area contributed by atoms with Crippen LogP contribution in [-0.4, -0.2) is 19.3 Å². The molecule has 2 aliphatic carbocycles. The molecule has 0 spiro atoms. The summed E-state index contributed by atoms with van der Waals surface area (Å²) in [5.74, 6) is 0. The zero-order chi connectivity index (χ0) is 13.6. The Hall–Kier alpha value is -0.795. The highest BCUT2D eigenvalue weighted by Crippen LogP contribution is 2.24. The molecular weight excluding hydrogens is 247 g/mol. The van der Waals surface area contributed by atoms with Crippen molar-refractivity contribution in [1.29, 1.82) is 0 Å². The molecule has 0 N–H and O–H groups in total. The zero-order valence-corrected chi connectivity index (χ0v) is 12.3. The Kier molecular flexibility index (Phi) is 5.15. The average molecular weight is 272 g/mol. The Labute approximate surface area is 123 Å². The van der Waals surface area contributed by atoms with Gasteiger partial charge in [-0.1, -0.05) is 62.4 Å². The summed E-state index contributed by atoms with van der Waals surface area (Å²) in [5, 5.41) is 0. The van der Waals surface area contributed by atoms with Crippen LogP contribution in [0.3, 0.4) is 0 Å². The molecule has 2 fully saturated rings. The lowest BCUT2D eigenvalue weighted by atomic mass is 9.77. The molecule has 1 aromatic carbocycles. The summed E-state index contributed by atoms with van der Waals surface area (Å²) in [5.41, 5.74) is 1.17. The third-order valence-electron chi connectivity index (χ3n) is 4.56. The van der Waals surface area contributed by atoms with Gasteiger partial charge in [0, 0.05) is 12.2 Å². The van der Waals surface area contributed by atoms with Crippen LogP contribution in [0, 0.1) is 0 Å². The molecule has 2 nitrogen and oxygen atoms in total. The maximum atomic E-state index is 6.32. The third kappa shape index (κ3) is 3.86. The van der Waals surface area contributed by atoms with Crippen LogP contribution in [0.5, 0.6) is 0 Å². The van der Waals surface area contributed by atoms with Gasteiger partial charge in [-0.25, -0.2) is 0 Å². The van der Waals surface area contributed by atoms with Crippen LogP contribution in [0.15, 0.2) is 30.3 Å². The quantitative estimate of drug-likeness (QED) is 0.761. The van der Waals surface area contributed by atoms with E-state index in [0.29, 0.717) is 12.2 Å². The molecule has 0 aromatic heterocycles. The van der Waals surface area contributed by atoms with E-state index in [1.54, 1.807) is 0 Å². The first-order valence-corrected chi connectivity index (χ1v) is 8.28. The van der Waals surface area contributed by atoms with Gasteiger partial charge in [0.15, 0.2) is 0 Å². The predicted octanol–water partition coefficient (Wildman–Crippen LogP) is 3.69. The van der Waals surface area contributed by atoms with E-state index in [0.717, 1.165) is 0 Å². The van der Waals surface area contributed by atoms with Crippen molar-refractivity contribution >= 4 is 12.6 Å². The fraction of sp³-hybridized carbons (Fsp3) is 0.647. The highest BCUT2D eigenvalue weighted by atomic mass is 16.6. The second kappa shape index (κ2) is 7.28. The largest absolute Gasteiger partial charge is 0.494 e. The molecule has 2 aliphatic rings. The van der Waals surface area contributed by atoms with Gasteiger partial charge in [0.1, 0.15) is 0 Å². The Morgan fingerprint density at radius 2 is 1.20 bits per heavy atom. The van der Waals surface area contributed by atoms with E-state index in [1.807, 2.05) is 0 Å². The maximum absolute atomic E-state index is 6.32. The molecule has 0 radical (unpaired) electrons. The Morgan fingerprint density at radius 3 is 1.75 bits per heavy atom. The molecule has 0 atom stereocenters. The fourth-order valence-electron chi connectivity index (χ4n) is 3.37. The van der Waals surface area contributed by atoms with Crippen molar-refractivity contribution in [3.63, 3.8) is 0 Å². The summed E-state index contributed by atoms with van der Waals surface area (Å²) in [4.78, 5) is 0. The minimum atomic E-state index is -0.164. The van der Waals surface area contributed by atoms with E-state index in [4.69, 9.17) is 9.31 Å². The third-order valence-corrected chi connectivity index (χ3v) is 4.56.